The Morgan fingerprint density at radius 3 is 2.45 bits per heavy atom. The molecule has 0 saturated heterocycles. The number of aromatic nitrogens is 3. The van der Waals surface area contributed by atoms with E-state index in [0.717, 1.165) is 16.8 Å². The summed E-state index contributed by atoms with van der Waals surface area (Å²) in [6, 6.07) is 22.6. The fourth-order valence-electron chi connectivity index (χ4n) is 3.02. The molecule has 3 aromatic carbocycles. The van der Waals surface area contributed by atoms with Crippen LogP contribution in [0.3, 0.4) is 0 Å². The van der Waals surface area contributed by atoms with Crippen molar-refractivity contribution in [3.63, 3.8) is 0 Å². The van der Waals surface area contributed by atoms with Crippen molar-refractivity contribution in [2.45, 2.75) is 12.1 Å². The van der Waals surface area contributed by atoms with Crippen molar-refractivity contribution in [2.75, 3.05) is 11.1 Å². The minimum Gasteiger partial charge on any atom is -0.325 e. The molecule has 4 aromatic rings. The number of amides is 1. The lowest BCUT2D eigenvalue weighted by atomic mass is 10.2. The van der Waals surface area contributed by atoms with Crippen LogP contribution in [0.25, 0.3) is 17.1 Å². The lowest BCUT2D eigenvalue weighted by Crippen LogP contribution is -2.15. The van der Waals surface area contributed by atoms with E-state index in [9.17, 15) is 4.79 Å². The van der Waals surface area contributed by atoms with E-state index in [-0.39, 0.29) is 11.7 Å². The average Bonchev–Trinajstić information content (AvgIpc) is 3.20. The van der Waals surface area contributed by atoms with E-state index in [1.54, 1.807) is 6.07 Å². The maximum Gasteiger partial charge on any atom is 0.234 e. The third-order valence-corrected chi connectivity index (χ3v) is 6.21. The van der Waals surface area contributed by atoms with Gasteiger partial charge in [-0.15, -0.1) is 10.2 Å². The zero-order chi connectivity index (χ0) is 21.8. The number of anilines is 1. The molecule has 0 radical (unpaired) electrons. The van der Waals surface area contributed by atoms with Gasteiger partial charge in [-0.3, -0.25) is 9.36 Å². The minimum absolute atomic E-state index is 0.147. The normalized spacial score (nSPS) is 10.8. The van der Waals surface area contributed by atoms with Crippen molar-refractivity contribution in [1.29, 1.82) is 0 Å². The van der Waals surface area contributed by atoms with Gasteiger partial charge in [0.2, 0.25) is 5.91 Å². The summed E-state index contributed by atoms with van der Waals surface area (Å²) in [6.07, 6.45) is 0. The monoisotopic (exact) mass is 468 g/mol. The highest BCUT2D eigenvalue weighted by molar-refractivity contribution is 7.99. The van der Waals surface area contributed by atoms with Crippen molar-refractivity contribution in [2.24, 2.45) is 0 Å². The number of carbonyl (C=O) groups is 1. The molecule has 0 spiro atoms. The third-order valence-electron chi connectivity index (χ3n) is 4.62. The van der Waals surface area contributed by atoms with Crippen molar-refractivity contribution in [1.82, 2.24) is 14.8 Å². The molecule has 8 heteroatoms. The zero-order valence-electron chi connectivity index (χ0n) is 16.5. The number of hydrogen-bond acceptors (Lipinski definition) is 4. The highest BCUT2D eigenvalue weighted by Crippen LogP contribution is 2.29. The number of hydrogen-bond donors (Lipinski definition) is 1. The van der Waals surface area contributed by atoms with E-state index in [1.165, 1.54) is 11.8 Å². The first-order chi connectivity index (χ1) is 15.0. The fraction of sp³-hybridized carbons (Fsp3) is 0.0870. The molecule has 0 fully saturated rings. The predicted molar refractivity (Wildman–Crippen MR) is 127 cm³/mol. The molecule has 0 aliphatic carbocycles. The standard InChI is InChI=1S/C23H18Cl2N4OS/c1-15-19(25)8-5-9-20(15)26-21(30)14-31-23-28-27-22(16-10-12-17(24)13-11-16)29(23)18-6-3-2-4-7-18/h2-13H,14H2,1H3,(H,26,30). The van der Waals surface area contributed by atoms with Crippen LogP contribution in [-0.4, -0.2) is 26.4 Å². The van der Waals surface area contributed by atoms with Crippen LogP contribution in [0.2, 0.25) is 10.0 Å². The third kappa shape index (κ3) is 4.93. The van der Waals surface area contributed by atoms with Crippen LogP contribution < -0.4 is 5.32 Å². The van der Waals surface area contributed by atoms with Crippen molar-refractivity contribution < 1.29 is 4.79 Å². The van der Waals surface area contributed by atoms with Gasteiger partial charge in [-0.1, -0.05) is 59.2 Å². The first-order valence-corrected chi connectivity index (χ1v) is 11.2. The van der Waals surface area contributed by atoms with Crippen LogP contribution >= 0.6 is 35.0 Å². The molecule has 0 aliphatic rings. The van der Waals surface area contributed by atoms with Crippen LogP contribution in [0, 0.1) is 6.92 Å². The highest BCUT2D eigenvalue weighted by atomic mass is 35.5. The SMILES string of the molecule is Cc1c(Cl)cccc1NC(=O)CSc1nnc(-c2ccc(Cl)cc2)n1-c1ccccc1. The number of benzene rings is 3. The number of para-hydroxylation sites is 1. The van der Waals surface area contributed by atoms with Crippen LogP contribution in [0.5, 0.6) is 0 Å². The van der Waals surface area contributed by atoms with Gasteiger partial charge >= 0.3 is 0 Å². The molecule has 1 N–H and O–H groups in total. The Balaban J connectivity index is 1.59. The molecule has 0 bridgehead atoms. The smallest absolute Gasteiger partial charge is 0.234 e. The second kappa shape index (κ2) is 9.56. The van der Waals surface area contributed by atoms with E-state index < -0.39 is 0 Å². The van der Waals surface area contributed by atoms with Gasteiger partial charge in [0, 0.05) is 27.0 Å². The number of nitrogens with zero attached hydrogens (tertiary/aromatic N) is 3. The van der Waals surface area contributed by atoms with Crippen molar-refractivity contribution in [3.8, 4) is 17.1 Å². The van der Waals surface area contributed by atoms with E-state index in [4.69, 9.17) is 23.2 Å². The number of carbonyl (C=O) groups excluding carboxylic acids is 1. The molecule has 0 aliphatic heterocycles. The summed E-state index contributed by atoms with van der Waals surface area (Å²) in [7, 11) is 0. The Labute approximate surface area is 194 Å². The van der Waals surface area contributed by atoms with Gasteiger partial charge in [0.25, 0.3) is 0 Å². The van der Waals surface area contributed by atoms with E-state index in [1.807, 2.05) is 78.2 Å². The summed E-state index contributed by atoms with van der Waals surface area (Å²) in [4.78, 5) is 12.6. The van der Waals surface area contributed by atoms with Gasteiger partial charge in [-0.05, 0) is 61.0 Å². The average molecular weight is 469 g/mol. The summed E-state index contributed by atoms with van der Waals surface area (Å²) in [6.45, 7) is 1.87. The molecule has 5 nitrogen and oxygen atoms in total. The van der Waals surface area contributed by atoms with Gasteiger partial charge in [-0.25, -0.2) is 0 Å². The molecule has 31 heavy (non-hydrogen) atoms. The van der Waals surface area contributed by atoms with Crippen LogP contribution in [0.4, 0.5) is 5.69 Å². The molecule has 0 saturated carbocycles. The largest absolute Gasteiger partial charge is 0.325 e. The second-order valence-corrected chi connectivity index (χ2v) is 8.52. The Kier molecular flexibility index (Phi) is 6.61. The summed E-state index contributed by atoms with van der Waals surface area (Å²) >= 11 is 13.5. The first kappa shape index (κ1) is 21.4. The minimum atomic E-state index is -0.147. The topological polar surface area (TPSA) is 59.8 Å². The molecule has 1 heterocycles. The Hall–Kier alpha value is -2.80. The molecule has 4 rings (SSSR count). The first-order valence-electron chi connectivity index (χ1n) is 9.47. The quantitative estimate of drug-likeness (QED) is 0.338. The van der Waals surface area contributed by atoms with Gasteiger partial charge in [0.05, 0.1) is 5.75 Å². The number of rotatable bonds is 6. The Morgan fingerprint density at radius 1 is 0.968 bits per heavy atom. The van der Waals surface area contributed by atoms with Crippen molar-refractivity contribution in [3.05, 3.63) is 88.4 Å². The Bertz CT molecular complexity index is 1210. The lowest BCUT2D eigenvalue weighted by Gasteiger charge is -2.11. The number of halogens is 2. The molecular formula is C23H18Cl2N4OS. The van der Waals surface area contributed by atoms with Crippen LogP contribution in [0.1, 0.15) is 5.56 Å². The molecular weight excluding hydrogens is 451 g/mol. The zero-order valence-corrected chi connectivity index (χ0v) is 18.9. The van der Waals surface area contributed by atoms with Crippen LogP contribution in [0.15, 0.2) is 78.0 Å². The van der Waals surface area contributed by atoms with E-state index in [0.29, 0.717) is 26.7 Å². The van der Waals surface area contributed by atoms with Gasteiger partial charge in [0.1, 0.15) is 0 Å². The number of nitrogens with one attached hydrogen (secondary N) is 1. The number of thioether (sulfide) groups is 1. The lowest BCUT2D eigenvalue weighted by molar-refractivity contribution is -0.113. The summed E-state index contributed by atoms with van der Waals surface area (Å²) < 4.78 is 1.94. The van der Waals surface area contributed by atoms with Crippen LogP contribution in [-0.2, 0) is 4.79 Å². The Morgan fingerprint density at radius 2 is 1.71 bits per heavy atom. The maximum atomic E-state index is 12.6. The van der Waals surface area contributed by atoms with E-state index >= 15 is 0 Å². The molecule has 0 unspecified atom stereocenters. The maximum absolute atomic E-state index is 12.6. The summed E-state index contributed by atoms with van der Waals surface area (Å²) in [5.41, 5.74) is 3.32. The van der Waals surface area contributed by atoms with Gasteiger partial charge in [-0.2, -0.15) is 0 Å². The molecule has 0 atom stereocenters. The highest BCUT2D eigenvalue weighted by Gasteiger charge is 2.17. The summed E-state index contributed by atoms with van der Waals surface area (Å²) in [5.74, 6) is 0.708. The van der Waals surface area contributed by atoms with Gasteiger partial charge in [0.15, 0.2) is 11.0 Å². The molecule has 1 aromatic heterocycles. The second-order valence-electron chi connectivity index (χ2n) is 6.73. The van der Waals surface area contributed by atoms with E-state index in [2.05, 4.69) is 15.5 Å². The summed E-state index contributed by atoms with van der Waals surface area (Å²) in [5, 5.41) is 13.5. The van der Waals surface area contributed by atoms with Gasteiger partial charge < -0.3 is 5.32 Å². The van der Waals surface area contributed by atoms with Crippen molar-refractivity contribution >= 4 is 46.6 Å². The molecule has 156 valence electrons. The fourth-order valence-corrected chi connectivity index (χ4v) is 4.07. The molecule has 1 amide bonds. The predicted octanol–water partition coefficient (Wildman–Crippen LogP) is 6.28.